The van der Waals surface area contributed by atoms with Gasteiger partial charge in [-0.2, -0.15) is 0 Å². The van der Waals surface area contributed by atoms with Crippen molar-refractivity contribution < 1.29 is 9.59 Å². The smallest absolute Gasteiger partial charge is 0.251 e. The van der Waals surface area contributed by atoms with Gasteiger partial charge in [0.25, 0.3) is 5.91 Å². The minimum atomic E-state index is -0.0817. The van der Waals surface area contributed by atoms with Gasteiger partial charge in [0.2, 0.25) is 5.91 Å². The van der Waals surface area contributed by atoms with Gasteiger partial charge in [-0.1, -0.05) is 0 Å². The molecule has 110 valence electrons. The summed E-state index contributed by atoms with van der Waals surface area (Å²) in [5.74, 6) is -0.0469. The first kappa shape index (κ1) is 16.5. The minimum Gasteiger partial charge on any atom is -0.350 e. The highest BCUT2D eigenvalue weighted by atomic mass is 35.5. The van der Waals surface area contributed by atoms with Crippen LogP contribution in [0.25, 0.3) is 0 Å². The number of anilines is 1. The Morgan fingerprint density at radius 1 is 1.40 bits per heavy atom. The molecule has 1 aliphatic heterocycles. The molecule has 1 atom stereocenters. The van der Waals surface area contributed by atoms with Gasteiger partial charge in [0.1, 0.15) is 0 Å². The maximum absolute atomic E-state index is 12.0. The predicted octanol–water partition coefficient (Wildman–Crippen LogP) is 1.33. The Kier molecular flexibility index (Phi) is 5.98. The van der Waals surface area contributed by atoms with Gasteiger partial charge in [-0.3, -0.25) is 9.59 Å². The molecule has 6 heteroatoms. The van der Waals surface area contributed by atoms with Crippen LogP contribution in [0.4, 0.5) is 5.69 Å². The van der Waals surface area contributed by atoms with Crippen molar-refractivity contribution in [1.29, 1.82) is 0 Å². The van der Waals surface area contributed by atoms with Gasteiger partial charge in [-0.05, 0) is 44.2 Å². The number of benzene rings is 1. The number of nitrogens with one attached hydrogen (secondary N) is 3. The molecule has 1 aliphatic rings. The molecule has 0 spiro atoms. The van der Waals surface area contributed by atoms with E-state index in [1.807, 2.05) is 20.0 Å². The first-order chi connectivity index (χ1) is 9.10. The molecule has 0 fully saturated rings. The summed E-state index contributed by atoms with van der Waals surface area (Å²) >= 11 is 0. The zero-order valence-corrected chi connectivity index (χ0v) is 12.5. The number of fused-ring (bicyclic) bond motifs is 1. The quantitative estimate of drug-likeness (QED) is 0.785. The minimum absolute atomic E-state index is 0. The van der Waals surface area contributed by atoms with Gasteiger partial charge >= 0.3 is 0 Å². The Labute approximate surface area is 124 Å². The van der Waals surface area contributed by atoms with E-state index < -0.39 is 0 Å². The predicted molar refractivity (Wildman–Crippen MR) is 81.5 cm³/mol. The summed E-state index contributed by atoms with van der Waals surface area (Å²) in [7, 11) is 1.86. The topological polar surface area (TPSA) is 70.2 Å². The lowest BCUT2D eigenvalue weighted by Crippen LogP contribution is -2.37. The maximum atomic E-state index is 12.0. The fraction of sp³-hybridized carbons (Fsp3) is 0.429. The number of halogens is 1. The van der Waals surface area contributed by atoms with Gasteiger partial charge in [0.05, 0.1) is 0 Å². The number of hydrogen-bond donors (Lipinski definition) is 3. The normalized spacial score (nSPS) is 14.6. The molecular weight excluding hydrogens is 278 g/mol. The summed E-state index contributed by atoms with van der Waals surface area (Å²) in [6.07, 6.45) is 1.17. The number of likely N-dealkylation sites (N-methyl/N-ethyl adjacent to an activating group) is 1. The first-order valence-electron chi connectivity index (χ1n) is 6.48. The highest BCUT2D eigenvalue weighted by molar-refractivity contribution is 5.97. The van der Waals surface area contributed by atoms with Crippen molar-refractivity contribution in [3.63, 3.8) is 0 Å². The van der Waals surface area contributed by atoms with Gasteiger partial charge in [-0.25, -0.2) is 0 Å². The first-order valence-corrected chi connectivity index (χ1v) is 6.48. The van der Waals surface area contributed by atoms with Crippen LogP contribution < -0.4 is 16.0 Å². The fourth-order valence-electron chi connectivity index (χ4n) is 1.97. The maximum Gasteiger partial charge on any atom is 0.251 e. The van der Waals surface area contributed by atoms with Gasteiger partial charge in [0.15, 0.2) is 0 Å². The molecule has 0 saturated carbocycles. The summed E-state index contributed by atoms with van der Waals surface area (Å²) in [6, 6.07) is 5.63. The number of carbonyl (C=O) groups is 2. The number of carbonyl (C=O) groups excluding carboxylic acids is 2. The second-order valence-corrected chi connectivity index (χ2v) is 4.82. The molecule has 5 nitrogen and oxygen atoms in total. The Balaban J connectivity index is 0.00000200. The number of hydrogen-bond acceptors (Lipinski definition) is 3. The fourth-order valence-corrected chi connectivity index (χ4v) is 1.97. The number of aryl methyl sites for hydroxylation is 1. The highest BCUT2D eigenvalue weighted by Crippen LogP contribution is 2.23. The zero-order chi connectivity index (χ0) is 13.8. The van der Waals surface area contributed by atoms with Gasteiger partial charge < -0.3 is 16.0 Å². The molecule has 1 unspecified atom stereocenters. The van der Waals surface area contributed by atoms with Crippen molar-refractivity contribution in [3.05, 3.63) is 29.3 Å². The lowest BCUT2D eigenvalue weighted by atomic mass is 10.00. The number of rotatable bonds is 4. The summed E-state index contributed by atoms with van der Waals surface area (Å²) < 4.78 is 0. The molecule has 1 aromatic rings. The van der Waals surface area contributed by atoms with E-state index in [4.69, 9.17) is 0 Å². The van der Waals surface area contributed by atoms with E-state index in [1.54, 1.807) is 12.1 Å². The Bertz CT molecular complexity index is 505. The van der Waals surface area contributed by atoms with E-state index in [0.29, 0.717) is 24.9 Å². The Morgan fingerprint density at radius 2 is 2.15 bits per heavy atom. The highest BCUT2D eigenvalue weighted by Gasteiger charge is 2.16. The molecule has 20 heavy (non-hydrogen) atoms. The third-order valence-electron chi connectivity index (χ3n) is 3.32. The van der Waals surface area contributed by atoms with Crippen LogP contribution in [0.5, 0.6) is 0 Å². The van der Waals surface area contributed by atoms with Crippen LogP contribution >= 0.6 is 12.4 Å². The molecule has 3 N–H and O–H groups in total. The van der Waals surface area contributed by atoms with Crippen molar-refractivity contribution in [1.82, 2.24) is 10.6 Å². The Hall–Kier alpha value is -1.59. The molecule has 0 aromatic heterocycles. The van der Waals surface area contributed by atoms with E-state index in [9.17, 15) is 9.59 Å². The van der Waals surface area contributed by atoms with Crippen LogP contribution in [0.2, 0.25) is 0 Å². The second kappa shape index (κ2) is 7.26. The van der Waals surface area contributed by atoms with Crippen LogP contribution in [0.3, 0.4) is 0 Å². The van der Waals surface area contributed by atoms with Crippen LogP contribution in [-0.2, 0) is 11.2 Å². The average molecular weight is 298 g/mol. The van der Waals surface area contributed by atoms with Crippen LogP contribution in [0.15, 0.2) is 18.2 Å². The second-order valence-electron chi connectivity index (χ2n) is 4.82. The SMILES string of the molecule is CNC(C)CNC(=O)c1ccc2c(c1)CCC(=O)N2.Cl. The zero-order valence-electron chi connectivity index (χ0n) is 11.7. The van der Waals surface area contributed by atoms with E-state index in [0.717, 1.165) is 11.3 Å². The molecule has 0 bridgehead atoms. The molecule has 0 saturated heterocycles. The summed E-state index contributed by atoms with van der Waals surface area (Å²) in [6.45, 7) is 2.59. The van der Waals surface area contributed by atoms with Crippen molar-refractivity contribution in [2.24, 2.45) is 0 Å². The van der Waals surface area contributed by atoms with Crippen LogP contribution in [-0.4, -0.2) is 31.4 Å². The van der Waals surface area contributed by atoms with Crippen molar-refractivity contribution >= 4 is 29.9 Å². The molecule has 0 radical (unpaired) electrons. The van der Waals surface area contributed by atoms with Crippen molar-refractivity contribution in [3.8, 4) is 0 Å². The lowest BCUT2D eigenvalue weighted by molar-refractivity contribution is -0.116. The molecule has 1 aromatic carbocycles. The third-order valence-corrected chi connectivity index (χ3v) is 3.32. The third kappa shape index (κ3) is 3.95. The summed E-state index contributed by atoms with van der Waals surface area (Å²) in [4.78, 5) is 23.2. The van der Waals surface area contributed by atoms with Crippen molar-refractivity contribution in [2.45, 2.75) is 25.8 Å². The Morgan fingerprint density at radius 3 is 2.85 bits per heavy atom. The van der Waals surface area contributed by atoms with E-state index >= 15 is 0 Å². The summed E-state index contributed by atoms with van der Waals surface area (Å²) in [5.41, 5.74) is 2.48. The molecule has 1 heterocycles. The monoisotopic (exact) mass is 297 g/mol. The molecule has 2 amide bonds. The lowest BCUT2D eigenvalue weighted by Gasteiger charge is -2.17. The van der Waals surface area contributed by atoms with E-state index in [2.05, 4.69) is 16.0 Å². The van der Waals surface area contributed by atoms with E-state index in [1.165, 1.54) is 0 Å². The molecule has 2 rings (SSSR count). The van der Waals surface area contributed by atoms with Gasteiger partial charge in [0, 0.05) is 30.3 Å². The van der Waals surface area contributed by atoms with Crippen LogP contribution in [0.1, 0.15) is 29.3 Å². The van der Waals surface area contributed by atoms with E-state index in [-0.39, 0.29) is 30.3 Å². The average Bonchev–Trinajstić information content (AvgIpc) is 2.43. The van der Waals surface area contributed by atoms with Crippen LogP contribution in [0, 0.1) is 0 Å². The summed E-state index contributed by atoms with van der Waals surface area (Å²) in [5, 5.41) is 8.75. The molecule has 0 aliphatic carbocycles. The van der Waals surface area contributed by atoms with Gasteiger partial charge in [-0.15, -0.1) is 12.4 Å². The standard InChI is InChI=1S/C14H19N3O2.ClH/c1-9(15-2)8-16-14(19)11-3-5-12-10(7-11)4-6-13(18)17-12;/h3,5,7,9,15H,4,6,8H2,1-2H3,(H,16,19)(H,17,18);1H. The van der Waals surface area contributed by atoms with Crippen molar-refractivity contribution in [2.75, 3.05) is 18.9 Å². The number of amides is 2. The molecular formula is C14H20ClN3O2. The largest absolute Gasteiger partial charge is 0.350 e.